The number of rotatable bonds is 6. The van der Waals surface area contributed by atoms with Gasteiger partial charge in [-0.2, -0.15) is 0 Å². The van der Waals surface area contributed by atoms with Gasteiger partial charge in [0.2, 0.25) is 0 Å². The van der Waals surface area contributed by atoms with Crippen molar-refractivity contribution in [2.24, 2.45) is 0 Å². The van der Waals surface area contributed by atoms with Crippen molar-refractivity contribution in [2.45, 2.75) is 52.1 Å². The maximum Gasteiger partial charge on any atom is 0.251 e. The van der Waals surface area contributed by atoms with Crippen molar-refractivity contribution in [3.05, 3.63) is 35.4 Å². The van der Waals surface area contributed by atoms with E-state index in [1.807, 2.05) is 24.3 Å². The Balaban J connectivity index is 2.63. The van der Waals surface area contributed by atoms with Crippen molar-refractivity contribution in [3.8, 4) is 0 Å². The van der Waals surface area contributed by atoms with Crippen molar-refractivity contribution in [1.82, 2.24) is 5.32 Å². The first kappa shape index (κ1) is 15.7. The first-order chi connectivity index (χ1) is 8.86. The molecular weight excluding hydrogens is 238 g/mol. The van der Waals surface area contributed by atoms with Crippen LogP contribution in [0, 0.1) is 0 Å². The molecule has 0 fully saturated rings. The smallest absolute Gasteiger partial charge is 0.251 e. The first-order valence-corrected chi connectivity index (χ1v) is 6.93. The Kier molecular flexibility index (Phi) is 5.55. The van der Waals surface area contributed by atoms with E-state index in [9.17, 15) is 4.79 Å². The summed E-state index contributed by atoms with van der Waals surface area (Å²) in [5.41, 5.74) is 2.05. The molecule has 0 aromatic heterocycles. The molecule has 0 radical (unpaired) electrons. The van der Waals surface area contributed by atoms with Gasteiger partial charge in [0.25, 0.3) is 5.91 Å². The summed E-state index contributed by atoms with van der Waals surface area (Å²) in [7, 11) is 0. The van der Waals surface area contributed by atoms with Crippen LogP contribution in [0.5, 0.6) is 0 Å². The summed E-state index contributed by atoms with van der Waals surface area (Å²) in [6.07, 6.45) is 1.26. The number of carbonyl (C=O) groups is 1. The number of aliphatic hydroxyl groups is 1. The quantitative estimate of drug-likeness (QED) is 0.829. The van der Waals surface area contributed by atoms with Crippen LogP contribution in [0.25, 0.3) is 0 Å². The molecule has 3 heteroatoms. The number of benzene rings is 1. The molecule has 0 aliphatic heterocycles. The maximum atomic E-state index is 11.9. The van der Waals surface area contributed by atoms with Gasteiger partial charge in [0.1, 0.15) is 0 Å². The number of aliphatic hydroxyl groups excluding tert-OH is 1. The fraction of sp³-hybridized carbons (Fsp3) is 0.562. The maximum absolute atomic E-state index is 11.9. The van der Waals surface area contributed by atoms with E-state index in [4.69, 9.17) is 5.11 Å². The predicted octanol–water partition coefficient (Wildman–Crippen LogP) is 2.87. The molecule has 19 heavy (non-hydrogen) atoms. The second kappa shape index (κ2) is 6.71. The van der Waals surface area contributed by atoms with Crippen molar-refractivity contribution in [1.29, 1.82) is 0 Å². The number of amides is 1. The first-order valence-electron chi connectivity index (χ1n) is 6.93. The van der Waals surface area contributed by atoms with Crippen LogP contribution < -0.4 is 5.32 Å². The minimum atomic E-state index is -0.381. The number of carbonyl (C=O) groups excluding carboxylic acids is 1. The minimum absolute atomic E-state index is 0.0819. The van der Waals surface area contributed by atoms with Gasteiger partial charge in [-0.25, -0.2) is 0 Å². The van der Waals surface area contributed by atoms with Gasteiger partial charge in [0.15, 0.2) is 0 Å². The third kappa shape index (κ3) is 4.67. The van der Waals surface area contributed by atoms with Gasteiger partial charge in [0.05, 0.1) is 6.10 Å². The van der Waals surface area contributed by atoms with Crippen LogP contribution in [0.2, 0.25) is 0 Å². The van der Waals surface area contributed by atoms with E-state index in [-0.39, 0.29) is 17.4 Å². The van der Waals surface area contributed by atoms with Crippen molar-refractivity contribution in [2.75, 3.05) is 6.54 Å². The molecule has 0 spiro atoms. The van der Waals surface area contributed by atoms with Crippen LogP contribution in [0.4, 0.5) is 0 Å². The molecule has 3 nitrogen and oxygen atoms in total. The molecule has 2 N–H and O–H groups in total. The molecule has 1 amide bonds. The molecule has 1 aromatic carbocycles. The lowest BCUT2D eigenvalue weighted by molar-refractivity contribution is 0.0945. The van der Waals surface area contributed by atoms with E-state index in [1.54, 1.807) is 6.92 Å². The summed E-state index contributed by atoms with van der Waals surface area (Å²) in [6.45, 7) is 8.78. The molecule has 0 saturated heterocycles. The summed E-state index contributed by atoms with van der Waals surface area (Å²) >= 11 is 0. The van der Waals surface area contributed by atoms with E-state index < -0.39 is 0 Å². The van der Waals surface area contributed by atoms with Gasteiger partial charge in [-0.15, -0.1) is 0 Å². The molecular formula is C16H25NO2. The standard InChI is InChI=1S/C16H25NO2/c1-5-16(3,4)14-8-6-13(7-9-14)15(19)17-11-10-12(2)18/h6-9,12,18H,5,10-11H2,1-4H3,(H,17,19). The topological polar surface area (TPSA) is 49.3 Å². The Hall–Kier alpha value is -1.35. The molecule has 1 aromatic rings. The average molecular weight is 263 g/mol. The largest absolute Gasteiger partial charge is 0.393 e. The highest BCUT2D eigenvalue weighted by Gasteiger charge is 2.18. The number of nitrogens with one attached hydrogen (secondary N) is 1. The lowest BCUT2D eigenvalue weighted by atomic mass is 9.82. The van der Waals surface area contributed by atoms with Gasteiger partial charge in [-0.1, -0.05) is 32.9 Å². The van der Waals surface area contributed by atoms with Crippen molar-refractivity contribution < 1.29 is 9.90 Å². The summed E-state index contributed by atoms with van der Waals surface area (Å²) in [6, 6.07) is 7.77. The molecule has 0 bridgehead atoms. The van der Waals surface area contributed by atoms with Gasteiger partial charge in [0, 0.05) is 12.1 Å². The third-order valence-corrected chi connectivity index (χ3v) is 3.66. The third-order valence-electron chi connectivity index (χ3n) is 3.66. The zero-order chi connectivity index (χ0) is 14.5. The zero-order valence-corrected chi connectivity index (χ0v) is 12.4. The number of hydrogen-bond acceptors (Lipinski definition) is 2. The van der Waals surface area contributed by atoms with Crippen LogP contribution in [0.15, 0.2) is 24.3 Å². The highest BCUT2D eigenvalue weighted by atomic mass is 16.3. The van der Waals surface area contributed by atoms with E-state index in [0.29, 0.717) is 18.5 Å². The predicted molar refractivity (Wildman–Crippen MR) is 78.4 cm³/mol. The van der Waals surface area contributed by atoms with Gasteiger partial charge < -0.3 is 10.4 Å². The molecule has 1 rings (SSSR count). The van der Waals surface area contributed by atoms with Crippen LogP contribution in [-0.4, -0.2) is 23.7 Å². The number of hydrogen-bond donors (Lipinski definition) is 2. The van der Waals surface area contributed by atoms with Gasteiger partial charge in [-0.05, 0) is 42.9 Å². The Morgan fingerprint density at radius 3 is 2.37 bits per heavy atom. The second-order valence-corrected chi connectivity index (χ2v) is 5.71. The second-order valence-electron chi connectivity index (χ2n) is 5.71. The van der Waals surface area contributed by atoms with Crippen LogP contribution >= 0.6 is 0 Å². The molecule has 0 aliphatic rings. The molecule has 1 atom stereocenters. The Morgan fingerprint density at radius 1 is 1.32 bits per heavy atom. The van der Waals surface area contributed by atoms with Crippen molar-refractivity contribution in [3.63, 3.8) is 0 Å². The van der Waals surface area contributed by atoms with Gasteiger partial charge in [-0.3, -0.25) is 4.79 Å². The molecule has 106 valence electrons. The lowest BCUT2D eigenvalue weighted by Gasteiger charge is -2.23. The highest BCUT2D eigenvalue weighted by Crippen LogP contribution is 2.26. The molecule has 0 heterocycles. The average Bonchev–Trinajstić information content (AvgIpc) is 2.38. The Morgan fingerprint density at radius 2 is 1.89 bits per heavy atom. The highest BCUT2D eigenvalue weighted by molar-refractivity contribution is 5.94. The minimum Gasteiger partial charge on any atom is -0.393 e. The zero-order valence-electron chi connectivity index (χ0n) is 12.4. The van der Waals surface area contributed by atoms with E-state index in [0.717, 1.165) is 6.42 Å². The Labute approximate surface area is 116 Å². The van der Waals surface area contributed by atoms with Crippen LogP contribution in [0.1, 0.15) is 56.5 Å². The lowest BCUT2D eigenvalue weighted by Crippen LogP contribution is -2.26. The van der Waals surface area contributed by atoms with E-state index >= 15 is 0 Å². The van der Waals surface area contributed by atoms with Crippen molar-refractivity contribution >= 4 is 5.91 Å². The van der Waals surface area contributed by atoms with E-state index in [1.165, 1.54) is 5.56 Å². The fourth-order valence-corrected chi connectivity index (χ4v) is 1.77. The SMILES string of the molecule is CCC(C)(C)c1ccc(C(=O)NCCC(C)O)cc1. The normalized spacial score (nSPS) is 13.1. The van der Waals surface area contributed by atoms with Crippen LogP contribution in [-0.2, 0) is 5.41 Å². The monoisotopic (exact) mass is 263 g/mol. The summed E-state index contributed by atoms with van der Waals surface area (Å²) in [5, 5.41) is 11.9. The fourth-order valence-electron chi connectivity index (χ4n) is 1.77. The van der Waals surface area contributed by atoms with Crippen LogP contribution in [0.3, 0.4) is 0 Å². The van der Waals surface area contributed by atoms with E-state index in [2.05, 4.69) is 26.1 Å². The Bertz CT molecular complexity index is 407. The molecule has 0 saturated carbocycles. The summed E-state index contributed by atoms with van der Waals surface area (Å²) in [5.74, 6) is -0.0819. The summed E-state index contributed by atoms with van der Waals surface area (Å²) < 4.78 is 0. The van der Waals surface area contributed by atoms with Gasteiger partial charge >= 0.3 is 0 Å². The molecule has 0 aliphatic carbocycles. The molecule has 1 unspecified atom stereocenters. The summed E-state index contributed by atoms with van der Waals surface area (Å²) in [4.78, 5) is 11.9.